The molecule has 5 rings (SSSR count). The van der Waals surface area contributed by atoms with Crippen molar-refractivity contribution in [3.8, 4) is 17.0 Å². The molecule has 1 aliphatic rings. The Morgan fingerprint density at radius 1 is 1.09 bits per heavy atom. The van der Waals surface area contributed by atoms with Crippen LogP contribution in [-0.2, 0) is 13.5 Å². The third-order valence-electron chi connectivity index (χ3n) is 8.34. The van der Waals surface area contributed by atoms with E-state index in [2.05, 4.69) is 29.8 Å². The minimum atomic E-state index is -0.239. The van der Waals surface area contributed by atoms with E-state index in [0.29, 0.717) is 23.0 Å². The number of benzene rings is 3. The van der Waals surface area contributed by atoms with Gasteiger partial charge >= 0.3 is 0 Å². The fourth-order valence-corrected chi connectivity index (χ4v) is 5.71. The molecule has 2 unspecified atom stereocenters. The van der Waals surface area contributed by atoms with Gasteiger partial charge in [-0.25, -0.2) is 4.98 Å². The van der Waals surface area contributed by atoms with Crippen LogP contribution in [0, 0.1) is 6.92 Å². The maximum absolute atomic E-state index is 13.3. The zero-order chi connectivity index (χ0) is 31.1. The van der Waals surface area contributed by atoms with E-state index in [-0.39, 0.29) is 23.4 Å². The number of nitrogens with zero attached hydrogens (tertiary/aromatic N) is 2. The molecule has 1 amide bonds. The highest BCUT2D eigenvalue weighted by atomic mass is 16.5. The number of unbranched alkanes of at least 4 members (excludes halogenated alkanes) is 1. The maximum Gasteiger partial charge on any atom is 0.293 e. The Labute approximate surface area is 259 Å². The number of hydrogen-bond acceptors (Lipinski definition) is 6. The van der Waals surface area contributed by atoms with Gasteiger partial charge in [0, 0.05) is 41.8 Å². The summed E-state index contributed by atoms with van der Waals surface area (Å²) >= 11 is 0. The molecule has 1 aliphatic heterocycles. The van der Waals surface area contributed by atoms with Gasteiger partial charge < -0.3 is 25.3 Å². The Balaban J connectivity index is 1.33. The molecule has 230 valence electrons. The predicted octanol–water partition coefficient (Wildman–Crippen LogP) is 7.00. The van der Waals surface area contributed by atoms with Crippen LogP contribution >= 0.6 is 0 Å². The van der Waals surface area contributed by atoms with Gasteiger partial charge in [-0.3, -0.25) is 9.59 Å². The average Bonchev–Trinajstić information content (AvgIpc) is 3.04. The summed E-state index contributed by atoms with van der Waals surface area (Å²) in [7, 11) is 1.71. The van der Waals surface area contributed by atoms with Gasteiger partial charge in [0.1, 0.15) is 11.9 Å². The van der Waals surface area contributed by atoms with Crippen LogP contribution in [0.25, 0.3) is 11.3 Å². The van der Waals surface area contributed by atoms with Crippen molar-refractivity contribution in [3.05, 3.63) is 100.0 Å². The molecular weight excluding hydrogens is 550 g/mol. The van der Waals surface area contributed by atoms with Crippen molar-refractivity contribution in [2.24, 2.45) is 7.05 Å². The van der Waals surface area contributed by atoms with E-state index in [4.69, 9.17) is 9.72 Å². The summed E-state index contributed by atoms with van der Waals surface area (Å²) < 4.78 is 7.70. The Morgan fingerprint density at radius 3 is 2.64 bits per heavy atom. The Hall–Kier alpha value is -4.43. The molecular formula is C36H43N5O3. The molecule has 4 aromatic rings. The molecule has 2 atom stereocenters. The van der Waals surface area contributed by atoms with Crippen molar-refractivity contribution in [1.29, 1.82) is 0 Å². The van der Waals surface area contributed by atoms with E-state index < -0.39 is 0 Å². The van der Waals surface area contributed by atoms with Crippen LogP contribution in [0.2, 0.25) is 0 Å². The van der Waals surface area contributed by atoms with Crippen LogP contribution < -0.4 is 26.2 Å². The molecule has 1 fully saturated rings. The van der Waals surface area contributed by atoms with Crippen LogP contribution in [0.5, 0.6) is 5.75 Å². The number of ether oxygens (including phenoxy) is 1. The van der Waals surface area contributed by atoms with E-state index in [1.165, 1.54) is 17.4 Å². The van der Waals surface area contributed by atoms with Gasteiger partial charge in [0.05, 0.1) is 5.69 Å². The van der Waals surface area contributed by atoms with Crippen molar-refractivity contribution in [2.75, 3.05) is 17.2 Å². The van der Waals surface area contributed by atoms with Crippen molar-refractivity contribution in [2.45, 2.75) is 71.4 Å². The molecule has 8 nitrogen and oxygen atoms in total. The van der Waals surface area contributed by atoms with Gasteiger partial charge in [0.25, 0.3) is 11.5 Å². The van der Waals surface area contributed by atoms with Crippen molar-refractivity contribution < 1.29 is 9.53 Å². The smallest absolute Gasteiger partial charge is 0.293 e. The number of aryl methyl sites for hydroxylation is 2. The highest BCUT2D eigenvalue weighted by molar-refractivity contribution is 6.06. The first-order valence-corrected chi connectivity index (χ1v) is 15.7. The molecule has 0 spiro atoms. The summed E-state index contributed by atoms with van der Waals surface area (Å²) in [6, 6.07) is 21.5. The lowest BCUT2D eigenvalue weighted by atomic mass is 10.0. The quantitative estimate of drug-likeness (QED) is 0.173. The lowest BCUT2D eigenvalue weighted by Crippen LogP contribution is -2.44. The summed E-state index contributed by atoms with van der Waals surface area (Å²) in [6.45, 7) is 7.24. The largest absolute Gasteiger partial charge is 0.489 e. The third kappa shape index (κ3) is 7.37. The van der Waals surface area contributed by atoms with Crippen LogP contribution in [0.4, 0.5) is 17.2 Å². The lowest BCUT2D eigenvalue weighted by Gasteiger charge is -2.29. The van der Waals surface area contributed by atoms with Gasteiger partial charge in [-0.05, 0) is 93.6 Å². The number of aromatic nitrogens is 2. The van der Waals surface area contributed by atoms with Crippen LogP contribution in [0.3, 0.4) is 0 Å². The van der Waals surface area contributed by atoms with E-state index in [0.717, 1.165) is 60.4 Å². The van der Waals surface area contributed by atoms with Gasteiger partial charge in [0.2, 0.25) is 0 Å². The first-order valence-electron chi connectivity index (χ1n) is 15.7. The Bertz CT molecular complexity index is 1640. The number of amides is 1. The standard InChI is InChI=1S/C36H43N5O3/c1-5-6-12-26-13-7-8-14-30(26)35(42)40-31-17-11-15-29(24(31)2)33-23-41(4)36(43)34(39-33)38-27-18-20-28(21-19-27)44-25(3)32-16-9-10-22-37-32/h7-8,11,13-15,17-21,23,25,32,37H,5-6,9-10,12,16,22H2,1-4H3,(H,38,39)(H,40,42). The monoisotopic (exact) mass is 593 g/mol. The zero-order valence-corrected chi connectivity index (χ0v) is 26.2. The maximum atomic E-state index is 13.3. The predicted molar refractivity (Wildman–Crippen MR) is 178 cm³/mol. The van der Waals surface area contributed by atoms with Crippen molar-refractivity contribution in [1.82, 2.24) is 14.9 Å². The minimum absolute atomic E-state index is 0.0688. The summed E-state index contributed by atoms with van der Waals surface area (Å²) in [5, 5.41) is 9.85. The number of rotatable bonds is 11. The summed E-state index contributed by atoms with van der Waals surface area (Å²) in [5.41, 5.74) is 5.26. The molecule has 0 bridgehead atoms. The molecule has 0 aliphatic carbocycles. The number of hydrogen-bond donors (Lipinski definition) is 3. The van der Waals surface area contributed by atoms with Crippen molar-refractivity contribution >= 4 is 23.1 Å². The Kier molecular flexibility index (Phi) is 10.1. The highest BCUT2D eigenvalue weighted by Crippen LogP contribution is 2.29. The number of anilines is 3. The molecule has 3 aromatic carbocycles. The third-order valence-corrected chi connectivity index (χ3v) is 8.34. The topological polar surface area (TPSA) is 97.3 Å². The highest BCUT2D eigenvalue weighted by Gasteiger charge is 2.21. The minimum Gasteiger partial charge on any atom is -0.489 e. The second kappa shape index (κ2) is 14.4. The summed E-state index contributed by atoms with van der Waals surface area (Å²) in [5.74, 6) is 0.870. The van der Waals surface area contributed by atoms with Gasteiger partial charge in [-0.2, -0.15) is 0 Å². The lowest BCUT2D eigenvalue weighted by molar-refractivity contribution is 0.102. The van der Waals surface area contributed by atoms with E-state index in [9.17, 15) is 9.59 Å². The van der Waals surface area contributed by atoms with Gasteiger partial charge in [-0.1, -0.05) is 50.1 Å². The van der Waals surface area contributed by atoms with E-state index >= 15 is 0 Å². The van der Waals surface area contributed by atoms with Gasteiger partial charge in [0.15, 0.2) is 5.82 Å². The second-order valence-corrected chi connectivity index (χ2v) is 11.6. The molecule has 3 N–H and O–H groups in total. The number of carbonyl (C=O) groups is 1. The first-order chi connectivity index (χ1) is 21.3. The second-order valence-electron chi connectivity index (χ2n) is 11.6. The van der Waals surface area contributed by atoms with E-state index in [1.54, 1.807) is 13.2 Å². The van der Waals surface area contributed by atoms with Crippen LogP contribution in [0.1, 0.15) is 67.4 Å². The number of piperidine rings is 1. The summed E-state index contributed by atoms with van der Waals surface area (Å²) in [4.78, 5) is 31.1. The number of carbonyl (C=O) groups excluding carboxylic acids is 1. The zero-order valence-electron chi connectivity index (χ0n) is 26.2. The van der Waals surface area contributed by atoms with Crippen LogP contribution in [-0.4, -0.2) is 34.1 Å². The molecule has 0 radical (unpaired) electrons. The molecule has 1 aromatic heterocycles. The molecule has 1 saturated heterocycles. The molecule has 44 heavy (non-hydrogen) atoms. The normalized spacial score (nSPS) is 15.4. The molecule has 0 saturated carbocycles. The van der Waals surface area contributed by atoms with Crippen molar-refractivity contribution in [3.63, 3.8) is 0 Å². The van der Waals surface area contributed by atoms with E-state index in [1.807, 2.05) is 73.7 Å². The fourth-order valence-electron chi connectivity index (χ4n) is 5.71. The van der Waals surface area contributed by atoms with Gasteiger partial charge in [-0.15, -0.1) is 0 Å². The average molecular weight is 594 g/mol. The first kappa shape index (κ1) is 31.0. The Morgan fingerprint density at radius 2 is 1.89 bits per heavy atom. The molecule has 2 heterocycles. The van der Waals surface area contributed by atoms with Crippen LogP contribution in [0.15, 0.2) is 77.7 Å². The molecule has 8 heteroatoms. The number of nitrogens with one attached hydrogen (secondary N) is 3. The fraction of sp³-hybridized carbons (Fsp3) is 0.361. The SMILES string of the molecule is CCCCc1ccccc1C(=O)Nc1cccc(-c2cn(C)c(=O)c(Nc3ccc(OC(C)C4CCCCN4)cc3)n2)c1C. The summed E-state index contributed by atoms with van der Waals surface area (Å²) in [6.07, 6.45) is 8.31.